The van der Waals surface area contributed by atoms with Crippen LogP contribution in [-0.4, -0.2) is 15.9 Å². The fourth-order valence-electron chi connectivity index (χ4n) is 2.58. The molecule has 25 heavy (non-hydrogen) atoms. The molecule has 0 bridgehead atoms. The molecule has 3 rings (SSSR count). The Morgan fingerprint density at radius 1 is 1.12 bits per heavy atom. The Bertz CT molecular complexity index is 965. The molecule has 0 aliphatic heterocycles. The van der Waals surface area contributed by atoms with Crippen molar-refractivity contribution in [1.82, 2.24) is 4.98 Å². The third-order valence-electron chi connectivity index (χ3n) is 3.83. The van der Waals surface area contributed by atoms with Crippen molar-refractivity contribution in [2.75, 3.05) is 0 Å². The standard InChI is InChI=1S/C19H16N2O4/c1-12-3-8-18-16(9-12)17(10-13(2)20-18)19(22)25-11-14-4-6-15(7-5-14)21(23)24/h3-10H,11H2,1-2H3. The molecular formula is C19H16N2O4. The van der Waals surface area contributed by atoms with Crippen LogP contribution in [0.25, 0.3) is 10.9 Å². The van der Waals surface area contributed by atoms with Gasteiger partial charge in [-0.15, -0.1) is 0 Å². The number of ether oxygens (including phenoxy) is 1. The number of benzene rings is 2. The summed E-state index contributed by atoms with van der Waals surface area (Å²) in [5, 5.41) is 11.4. The van der Waals surface area contributed by atoms with E-state index in [1.165, 1.54) is 12.1 Å². The average molecular weight is 336 g/mol. The van der Waals surface area contributed by atoms with Crippen LogP contribution in [0.15, 0.2) is 48.5 Å². The average Bonchev–Trinajstić information content (AvgIpc) is 2.59. The molecule has 0 unspecified atom stereocenters. The topological polar surface area (TPSA) is 82.3 Å². The summed E-state index contributed by atoms with van der Waals surface area (Å²) >= 11 is 0. The van der Waals surface area contributed by atoms with Crippen LogP contribution in [0, 0.1) is 24.0 Å². The number of nitro groups is 1. The maximum absolute atomic E-state index is 12.5. The van der Waals surface area contributed by atoms with Crippen LogP contribution in [0.2, 0.25) is 0 Å². The van der Waals surface area contributed by atoms with Crippen LogP contribution >= 0.6 is 0 Å². The van der Waals surface area contributed by atoms with E-state index in [1.807, 2.05) is 32.0 Å². The third kappa shape index (κ3) is 3.63. The van der Waals surface area contributed by atoms with Crippen molar-refractivity contribution < 1.29 is 14.5 Å². The molecule has 0 radical (unpaired) electrons. The zero-order valence-electron chi connectivity index (χ0n) is 13.9. The number of hydrogen-bond acceptors (Lipinski definition) is 5. The predicted octanol–water partition coefficient (Wildman–Crippen LogP) is 4.12. The number of aromatic nitrogens is 1. The molecule has 2 aromatic carbocycles. The summed E-state index contributed by atoms with van der Waals surface area (Å²) in [5.74, 6) is -0.445. The highest BCUT2D eigenvalue weighted by molar-refractivity contribution is 6.03. The lowest BCUT2D eigenvalue weighted by Crippen LogP contribution is -2.07. The molecule has 0 aliphatic rings. The summed E-state index contributed by atoms with van der Waals surface area (Å²) in [7, 11) is 0. The minimum atomic E-state index is -0.468. The van der Waals surface area contributed by atoms with Crippen LogP contribution in [0.4, 0.5) is 5.69 Å². The quantitative estimate of drug-likeness (QED) is 0.407. The Kier molecular flexibility index (Phi) is 4.43. The first kappa shape index (κ1) is 16.6. The van der Waals surface area contributed by atoms with Gasteiger partial charge in [0.05, 0.1) is 16.0 Å². The number of carbonyl (C=O) groups excluding carboxylic acids is 1. The summed E-state index contributed by atoms with van der Waals surface area (Å²) < 4.78 is 5.38. The van der Waals surface area contributed by atoms with Crippen LogP contribution < -0.4 is 0 Å². The number of aryl methyl sites for hydroxylation is 2. The predicted molar refractivity (Wildman–Crippen MR) is 93.4 cm³/mol. The van der Waals surface area contributed by atoms with Gasteiger partial charge in [-0.2, -0.15) is 0 Å². The molecule has 0 saturated carbocycles. The molecule has 1 heterocycles. The molecule has 0 N–H and O–H groups in total. The molecule has 1 aromatic heterocycles. The molecule has 0 saturated heterocycles. The summed E-state index contributed by atoms with van der Waals surface area (Å²) in [4.78, 5) is 27.1. The van der Waals surface area contributed by atoms with Gasteiger partial charge in [0.15, 0.2) is 0 Å². The Balaban J connectivity index is 1.82. The van der Waals surface area contributed by atoms with E-state index < -0.39 is 10.9 Å². The van der Waals surface area contributed by atoms with Gasteiger partial charge < -0.3 is 4.74 Å². The maximum atomic E-state index is 12.5. The van der Waals surface area contributed by atoms with Gasteiger partial charge in [-0.3, -0.25) is 15.1 Å². The van der Waals surface area contributed by atoms with Crippen molar-refractivity contribution in [3.63, 3.8) is 0 Å². The normalized spacial score (nSPS) is 10.6. The van der Waals surface area contributed by atoms with Gasteiger partial charge in [0.1, 0.15) is 6.61 Å². The number of nitro benzene ring substituents is 1. The third-order valence-corrected chi connectivity index (χ3v) is 3.83. The Morgan fingerprint density at radius 3 is 2.52 bits per heavy atom. The van der Waals surface area contributed by atoms with Gasteiger partial charge in [-0.1, -0.05) is 11.6 Å². The van der Waals surface area contributed by atoms with Crippen molar-refractivity contribution in [1.29, 1.82) is 0 Å². The first-order valence-corrected chi connectivity index (χ1v) is 7.72. The Labute approximate surface area is 144 Å². The van der Waals surface area contributed by atoms with Gasteiger partial charge in [0.2, 0.25) is 0 Å². The Hall–Kier alpha value is -3.28. The molecule has 6 heteroatoms. The minimum absolute atomic E-state index is 0.00121. The number of nitrogens with zero attached hydrogens (tertiary/aromatic N) is 2. The van der Waals surface area contributed by atoms with Crippen LogP contribution in [0.5, 0.6) is 0 Å². The number of rotatable bonds is 4. The first-order chi connectivity index (χ1) is 11.9. The summed E-state index contributed by atoms with van der Waals surface area (Å²) in [6, 6.07) is 13.4. The zero-order valence-corrected chi connectivity index (χ0v) is 13.9. The van der Waals surface area contributed by atoms with Crippen molar-refractivity contribution in [3.8, 4) is 0 Å². The molecular weight excluding hydrogens is 320 g/mol. The smallest absolute Gasteiger partial charge is 0.339 e. The highest BCUT2D eigenvalue weighted by Gasteiger charge is 2.14. The Morgan fingerprint density at radius 2 is 1.84 bits per heavy atom. The number of fused-ring (bicyclic) bond motifs is 1. The van der Waals surface area contributed by atoms with Gasteiger partial charge in [-0.05, 0) is 49.7 Å². The van der Waals surface area contributed by atoms with E-state index in [9.17, 15) is 14.9 Å². The van der Waals surface area contributed by atoms with E-state index in [0.717, 1.165) is 22.2 Å². The lowest BCUT2D eigenvalue weighted by molar-refractivity contribution is -0.384. The monoisotopic (exact) mass is 336 g/mol. The highest BCUT2D eigenvalue weighted by Crippen LogP contribution is 2.21. The molecule has 6 nitrogen and oxygen atoms in total. The van der Waals surface area contributed by atoms with Gasteiger partial charge in [-0.25, -0.2) is 4.79 Å². The largest absolute Gasteiger partial charge is 0.457 e. The second-order valence-electron chi connectivity index (χ2n) is 5.83. The van der Waals surface area contributed by atoms with E-state index in [4.69, 9.17) is 4.74 Å². The van der Waals surface area contributed by atoms with E-state index in [-0.39, 0.29) is 12.3 Å². The second kappa shape index (κ2) is 6.68. The molecule has 0 fully saturated rings. The van der Waals surface area contributed by atoms with Crippen LogP contribution in [0.3, 0.4) is 0 Å². The zero-order chi connectivity index (χ0) is 18.0. The van der Waals surface area contributed by atoms with E-state index in [2.05, 4.69) is 4.98 Å². The SMILES string of the molecule is Cc1ccc2nc(C)cc(C(=O)OCc3ccc([N+](=O)[O-])cc3)c2c1. The van der Waals surface area contributed by atoms with Crippen molar-refractivity contribution in [2.45, 2.75) is 20.5 Å². The van der Waals surface area contributed by atoms with Gasteiger partial charge >= 0.3 is 5.97 Å². The number of pyridine rings is 1. The lowest BCUT2D eigenvalue weighted by Gasteiger charge is -2.09. The summed E-state index contributed by atoms with van der Waals surface area (Å²) in [6.45, 7) is 3.82. The van der Waals surface area contributed by atoms with E-state index in [0.29, 0.717) is 11.1 Å². The van der Waals surface area contributed by atoms with Crippen molar-refractivity contribution in [2.24, 2.45) is 0 Å². The molecule has 0 amide bonds. The number of non-ortho nitro benzene ring substituents is 1. The summed E-state index contributed by atoms with van der Waals surface area (Å²) in [5.41, 5.74) is 3.66. The molecule has 3 aromatic rings. The number of hydrogen-bond donors (Lipinski definition) is 0. The van der Waals surface area contributed by atoms with Crippen LogP contribution in [-0.2, 0) is 11.3 Å². The molecule has 126 valence electrons. The molecule has 0 aliphatic carbocycles. The maximum Gasteiger partial charge on any atom is 0.339 e. The number of carbonyl (C=O) groups is 1. The van der Waals surface area contributed by atoms with E-state index >= 15 is 0 Å². The number of esters is 1. The summed E-state index contributed by atoms with van der Waals surface area (Å²) in [6.07, 6.45) is 0. The van der Waals surface area contributed by atoms with Gasteiger partial charge in [0.25, 0.3) is 5.69 Å². The second-order valence-corrected chi connectivity index (χ2v) is 5.83. The fraction of sp³-hybridized carbons (Fsp3) is 0.158. The molecule has 0 atom stereocenters. The van der Waals surface area contributed by atoms with Crippen LogP contribution in [0.1, 0.15) is 27.2 Å². The van der Waals surface area contributed by atoms with E-state index in [1.54, 1.807) is 18.2 Å². The first-order valence-electron chi connectivity index (χ1n) is 7.72. The van der Waals surface area contributed by atoms with Crippen molar-refractivity contribution >= 4 is 22.6 Å². The van der Waals surface area contributed by atoms with Gasteiger partial charge in [0, 0.05) is 23.2 Å². The fourth-order valence-corrected chi connectivity index (χ4v) is 2.58. The van der Waals surface area contributed by atoms with Crippen molar-refractivity contribution in [3.05, 3.63) is 81.0 Å². The minimum Gasteiger partial charge on any atom is -0.457 e. The molecule has 0 spiro atoms. The lowest BCUT2D eigenvalue weighted by atomic mass is 10.1. The highest BCUT2D eigenvalue weighted by atomic mass is 16.6.